The molecule has 0 atom stereocenters. The largest absolute Gasteiger partial charge is 0.277 e. The molecule has 5 nitrogen and oxygen atoms in total. The molecule has 1 heterocycles. The highest BCUT2D eigenvalue weighted by Gasteiger charge is 2.09. The first-order valence-corrected chi connectivity index (χ1v) is 8.55. The molecule has 0 saturated carbocycles. The average Bonchev–Trinajstić information content (AvgIpc) is 2.63. The van der Waals surface area contributed by atoms with Crippen molar-refractivity contribution in [2.75, 3.05) is 5.43 Å². The topological polar surface area (TPSA) is 59.3 Å². The quantitative estimate of drug-likeness (QED) is 0.548. The Labute approximate surface area is 147 Å². The summed E-state index contributed by atoms with van der Waals surface area (Å²) < 4.78 is 1.67. The number of benzene rings is 2. The van der Waals surface area contributed by atoms with Crippen LogP contribution in [0.15, 0.2) is 58.4 Å². The normalized spacial score (nSPS) is 11.3. The van der Waals surface area contributed by atoms with Crippen LogP contribution >= 0.6 is 0 Å². The smallest absolute Gasteiger partial charge is 0.262 e. The lowest BCUT2D eigenvalue weighted by atomic mass is 10.1. The molecule has 0 aliphatic rings. The summed E-state index contributed by atoms with van der Waals surface area (Å²) in [5.74, 6) is 0.474. The van der Waals surface area contributed by atoms with E-state index in [1.807, 2.05) is 55.5 Å². The van der Waals surface area contributed by atoms with Gasteiger partial charge in [0.1, 0.15) is 0 Å². The molecule has 0 bridgehead atoms. The number of aromatic nitrogens is 2. The van der Waals surface area contributed by atoms with Crippen molar-refractivity contribution in [3.63, 3.8) is 0 Å². The minimum Gasteiger partial charge on any atom is -0.277 e. The van der Waals surface area contributed by atoms with Gasteiger partial charge in [0.05, 0.1) is 17.1 Å². The maximum atomic E-state index is 12.8. The highest BCUT2D eigenvalue weighted by molar-refractivity contribution is 5.82. The molecule has 0 aliphatic heterocycles. The van der Waals surface area contributed by atoms with Crippen molar-refractivity contribution >= 4 is 23.1 Å². The van der Waals surface area contributed by atoms with Crippen LogP contribution in [0.1, 0.15) is 30.9 Å². The Morgan fingerprint density at radius 3 is 2.72 bits per heavy atom. The summed E-state index contributed by atoms with van der Waals surface area (Å²) in [7, 11) is 0. The highest BCUT2D eigenvalue weighted by atomic mass is 16.1. The third kappa shape index (κ3) is 3.76. The predicted molar refractivity (Wildman–Crippen MR) is 103 cm³/mol. The van der Waals surface area contributed by atoms with Gasteiger partial charge in [-0.1, -0.05) is 49.7 Å². The molecule has 2 aromatic carbocycles. The molecular formula is C20H22N4O. The van der Waals surface area contributed by atoms with Crippen LogP contribution in [0.4, 0.5) is 5.95 Å². The molecule has 0 fully saturated rings. The van der Waals surface area contributed by atoms with Crippen LogP contribution in [0.2, 0.25) is 0 Å². The Bertz CT molecular complexity index is 959. The molecule has 0 aliphatic carbocycles. The number of aryl methyl sites for hydroxylation is 1. The standard InChI is InChI=1S/C20H22N4O/c1-3-4-13-24-19(25)17-11-7-8-12-18(17)22-20(24)23-21-14-16-10-6-5-9-15(16)2/h5-12,14H,3-4,13H2,1-2H3,(H,22,23)/b21-14+. The summed E-state index contributed by atoms with van der Waals surface area (Å²) in [5.41, 5.74) is 5.76. The molecule has 0 saturated heterocycles. The van der Waals surface area contributed by atoms with Crippen LogP contribution in [0.5, 0.6) is 0 Å². The Hall–Kier alpha value is -2.95. The van der Waals surface area contributed by atoms with Gasteiger partial charge in [-0.25, -0.2) is 10.4 Å². The lowest BCUT2D eigenvalue weighted by Gasteiger charge is -2.12. The van der Waals surface area contributed by atoms with Crippen LogP contribution in [-0.2, 0) is 6.54 Å². The van der Waals surface area contributed by atoms with E-state index in [0.717, 1.165) is 24.0 Å². The number of anilines is 1. The monoisotopic (exact) mass is 334 g/mol. The van der Waals surface area contributed by atoms with Crippen molar-refractivity contribution in [3.8, 4) is 0 Å². The van der Waals surface area contributed by atoms with E-state index in [4.69, 9.17) is 0 Å². The van der Waals surface area contributed by atoms with Crippen molar-refractivity contribution in [3.05, 3.63) is 70.0 Å². The molecule has 1 aromatic heterocycles. The van der Waals surface area contributed by atoms with E-state index in [2.05, 4.69) is 22.4 Å². The molecule has 1 N–H and O–H groups in total. The molecule has 5 heteroatoms. The maximum Gasteiger partial charge on any atom is 0.262 e. The number of unbranched alkanes of at least 4 members (excludes halogenated alkanes) is 1. The zero-order valence-electron chi connectivity index (χ0n) is 14.6. The highest BCUT2D eigenvalue weighted by Crippen LogP contribution is 2.12. The van der Waals surface area contributed by atoms with E-state index in [1.54, 1.807) is 10.8 Å². The van der Waals surface area contributed by atoms with E-state index in [-0.39, 0.29) is 5.56 Å². The summed E-state index contributed by atoms with van der Waals surface area (Å²) in [6.45, 7) is 4.76. The molecule has 0 spiro atoms. The van der Waals surface area contributed by atoms with Crippen molar-refractivity contribution in [2.45, 2.75) is 33.2 Å². The molecule has 25 heavy (non-hydrogen) atoms. The maximum absolute atomic E-state index is 12.8. The van der Waals surface area contributed by atoms with Gasteiger partial charge in [0.2, 0.25) is 5.95 Å². The SMILES string of the molecule is CCCCn1c(N/N=C/c2ccccc2C)nc2ccccc2c1=O. The van der Waals surface area contributed by atoms with Gasteiger partial charge in [0, 0.05) is 6.54 Å². The molecule has 0 amide bonds. The van der Waals surface area contributed by atoms with Crippen molar-refractivity contribution < 1.29 is 0 Å². The predicted octanol–water partition coefficient (Wildman–Crippen LogP) is 3.95. The van der Waals surface area contributed by atoms with Gasteiger partial charge in [-0.3, -0.25) is 9.36 Å². The fraction of sp³-hybridized carbons (Fsp3) is 0.250. The van der Waals surface area contributed by atoms with Crippen molar-refractivity contribution in [1.82, 2.24) is 9.55 Å². The zero-order chi connectivity index (χ0) is 17.6. The summed E-state index contributed by atoms with van der Waals surface area (Å²) in [5, 5.41) is 4.92. The van der Waals surface area contributed by atoms with Gasteiger partial charge in [0.15, 0.2) is 0 Å². The summed E-state index contributed by atoms with van der Waals surface area (Å²) >= 11 is 0. The number of hydrogen-bond acceptors (Lipinski definition) is 4. The van der Waals surface area contributed by atoms with E-state index in [9.17, 15) is 4.79 Å². The van der Waals surface area contributed by atoms with Crippen LogP contribution in [0.3, 0.4) is 0 Å². The number of fused-ring (bicyclic) bond motifs is 1. The second-order valence-electron chi connectivity index (χ2n) is 5.99. The fourth-order valence-corrected chi connectivity index (χ4v) is 2.67. The molecule has 0 unspecified atom stereocenters. The Kier molecular flexibility index (Phi) is 5.23. The lowest BCUT2D eigenvalue weighted by molar-refractivity contribution is 0.614. The average molecular weight is 334 g/mol. The van der Waals surface area contributed by atoms with Crippen LogP contribution in [0.25, 0.3) is 10.9 Å². The van der Waals surface area contributed by atoms with Crippen molar-refractivity contribution in [1.29, 1.82) is 0 Å². The number of para-hydroxylation sites is 1. The summed E-state index contributed by atoms with van der Waals surface area (Å²) in [4.78, 5) is 17.4. The summed E-state index contributed by atoms with van der Waals surface area (Å²) in [6.07, 6.45) is 3.67. The molecule has 3 aromatic rings. The number of nitrogens with zero attached hydrogens (tertiary/aromatic N) is 3. The van der Waals surface area contributed by atoms with E-state index < -0.39 is 0 Å². The van der Waals surface area contributed by atoms with Gasteiger partial charge in [0.25, 0.3) is 5.56 Å². The number of nitrogens with one attached hydrogen (secondary N) is 1. The van der Waals surface area contributed by atoms with Crippen LogP contribution in [-0.4, -0.2) is 15.8 Å². The molecule has 3 rings (SSSR count). The molecule has 128 valence electrons. The first-order valence-electron chi connectivity index (χ1n) is 8.55. The second kappa shape index (κ2) is 7.75. The summed E-state index contributed by atoms with van der Waals surface area (Å²) in [6, 6.07) is 15.4. The minimum atomic E-state index is -0.0346. The number of hydrazone groups is 1. The van der Waals surface area contributed by atoms with Crippen LogP contribution < -0.4 is 11.0 Å². The van der Waals surface area contributed by atoms with Gasteiger partial charge in [-0.2, -0.15) is 5.10 Å². The lowest BCUT2D eigenvalue weighted by Crippen LogP contribution is -2.24. The Balaban J connectivity index is 1.96. The first-order chi connectivity index (χ1) is 12.2. The van der Waals surface area contributed by atoms with Gasteiger partial charge in [-0.15, -0.1) is 0 Å². The van der Waals surface area contributed by atoms with Gasteiger partial charge < -0.3 is 0 Å². The van der Waals surface area contributed by atoms with Gasteiger partial charge >= 0.3 is 0 Å². The fourth-order valence-electron chi connectivity index (χ4n) is 2.67. The molecule has 0 radical (unpaired) electrons. The minimum absolute atomic E-state index is 0.0346. The number of hydrogen-bond donors (Lipinski definition) is 1. The van der Waals surface area contributed by atoms with E-state index >= 15 is 0 Å². The number of rotatable bonds is 6. The third-order valence-corrected chi connectivity index (χ3v) is 4.15. The Morgan fingerprint density at radius 1 is 1.16 bits per heavy atom. The van der Waals surface area contributed by atoms with E-state index in [0.29, 0.717) is 23.4 Å². The van der Waals surface area contributed by atoms with Gasteiger partial charge in [-0.05, 0) is 36.6 Å². The van der Waals surface area contributed by atoms with E-state index in [1.165, 1.54) is 0 Å². The van der Waals surface area contributed by atoms with Crippen LogP contribution in [0, 0.1) is 6.92 Å². The second-order valence-corrected chi connectivity index (χ2v) is 5.99. The van der Waals surface area contributed by atoms with Crippen molar-refractivity contribution in [2.24, 2.45) is 5.10 Å². The third-order valence-electron chi connectivity index (χ3n) is 4.15. The first kappa shape index (κ1) is 16.9. The zero-order valence-corrected chi connectivity index (χ0v) is 14.6. The Morgan fingerprint density at radius 2 is 1.92 bits per heavy atom. The molecular weight excluding hydrogens is 312 g/mol.